The minimum atomic E-state index is -0.853. The number of rotatable bonds is 2. The predicted molar refractivity (Wildman–Crippen MR) is 69.7 cm³/mol. The molecule has 3 rings (SSSR count). The van der Waals surface area contributed by atoms with Crippen molar-refractivity contribution in [2.75, 3.05) is 13.7 Å². The van der Waals surface area contributed by atoms with Crippen LogP contribution in [0, 0.1) is 0 Å². The molecule has 4 unspecified atom stereocenters. The molecule has 0 aromatic heterocycles. The third-order valence-corrected chi connectivity index (χ3v) is 3.72. The molecule has 6 atom stereocenters. The highest BCUT2D eigenvalue weighted by Crippen LogP contribution is 2.33. The fraction of sp³-hybridized carbons (Fsp3) is 0.571. The number of hydrogen-bond acceptors (Lipinski definition) is 6. The van der Waals surface area contributed by atoms with Crippen LogP contribution < -0.4 is 5.73 Å². The summed E-state index contributed by atoms with van der Waals surface area (Å²) in [6.45, 7) is 0.327. The van der Waals surface area contributed by atoms with Crippen molar-refractivity contribution < 1.29 is 24.1 Å². The van der Waals surface area contributed by atoms with Crippen LogP contribution in [-0.4, -0.2) is 49.5 Å². The van der Waals surface area contributed by atoms with Crippen LogP contribution >= 0.6 is 0 Å². The maximum atomic E-state index is 10.3. The minimum absolute atomic E-state index is 0.327. The van der Waals surface area contributed by atoms with Crippen molar-refractivity contribution in [2.24, 2.45) is 5.73 Å². The van der Waals surface area contributed by atoms with Gasteiger partial charge in [-0.15, -0.1) is 0 Å². The van der Waals surface area contributed by atoms with Gasteiger partial charge in [0.15, 0.2) is 12.6 Å². The summed E-state index contributed by atoms with van der Waals surface area (Å²) >= 11 is 0. The zero-order valence-electron chi connectivity index (χ0n) is 11.2. The SMILES string of the molecule is CO[C@H]1OC2COC(c3ccccc3)O[C@H]2C(O)C1N. The highest BCUT2D eigenvalue weighted by Gasteiger charge is 2.48. The fourth-order valence-corrected chi connectivity index (χ4v) is 2.60. The highest BCUT2D eigenvalue weighted by atomic mass is 16.7. The molecule has 110 valence electrons. The van der Waals surface area contributed by atoms with Crippen molar-refractivity contribution in [1.29, 1.82) is 0 Å². The Morgan fingerprint density at radius 2 is 2.00 bits per heavy atom. The first-order chi connectivity index (χ1) is 9.70. The number of methoxy groups -OCH3 is 1. The summed E-state index contributed by atoms with van der Waals surface area (Å²) in [5, 5.41) is 10.3. The second kappa shape index (κ2) is 5.77. The molecule has 2 aliphatic heterocycles. The molecule has 0 aliphatic carbocycles. The number of ether oxygens (including phenoxy) is 4. The van der Waals surface area contributed by atoms with Gasteiger partial charge in [0.25, 0.3) is 0 Å². The van der Waals surface area contributed by atoms with E-state index in [1.165, 1.54) is 7.11 Å². The van der Waals surface area contributed by atoms with E-state index in [-0.39, 0.29) is 6.10 Å². The largest absolute Gasteiger partial charge is 0.388 e. The maximum absolute atomic E-state index is 10.3. The van der Waals surface area contributed by atoms with Crippen LogP contribution in [-0.2, 0) is 18.9 Å². The third kappa shape index (κ3) is 2.46. The molecular weight excluding hydrogens is 262 g/mol. The normalized spacial score (nSPS) is 41.1. The lowest BCUT2D eigenvalue weighted by molar-refractivity contribution is -0.339. The average Bonchev–Trinajstić information content (AvgIpc) is 2.51. The Labute approximate surface area is 117 Å². The first kappa shape index (κ1) is 13.9. The molecule has 0 radical (unpaired) electrons. The summed E-state index contributed by atoms with van der Waals surface area (Å²) in [7, 11) is 1.49. The molecule has 2 saturated heterocycles. The zero-order valence-corrected chi connectivity index (χ0v) is 11.2. The first-order valence-electron chi connectivity index (χ1n) is 6.64. The summed E-state index contributed by atoms with van der Waals surface area (Å²) in [4.78, 5) is 0. The van der Waals surface area contributed by atoms with Crippen LogP contribution in [0.3, 0.4) is 0 Å². The molecule has 6 nitrogen and oxygen atoms in total. The van der Waals surface area contributed by atoms with Crippen molar-refractivity contribution in [2.45, 2.75) is 36.9 Å². The maximum Gasteiger partial charge on any atom is 0.184 e. The fourth-order valence-electron chi connectivity index (χ4n) is 2.60. The van der Waals surface area contributed by atoms with E-state index in [1.807, 2.05) is 30.3 Å². The van der Waals surface area contributed by atoms with Crippen LogP contribution in [0.5, 0.6) is 0 Å². The molecule has 2 heterocycles. The lowest BCUT2D eigenvalue weighted by atomic mass is 9.96. The van der Waals surface area contributed by atoms with Crippen LogP contribution in [0.25, 0.3) is 0 Å². The first-order valence-corrected chi connectivity index (χ1v) is 6.64. The number of hydrogen-bond donors (Lipinski definition) is 2. The molecule has 20 heavy (non-hydrogen) atoms. The van der Waals surface area contributed by atoms with Crippen molar-refractivity contribution in [3.05, 3.63) is 35.9 Å². The van der Waals surface area contributed by atoms with Crippen molar-refractivity contribution in [3.8, 4) is 0 Å². The Balaban J connectivity index is 1.74. The summed E-state index contributed by atoms with van der Waals surface area (Å²) in [5.41, 5.74) is 6.81. The van der Waals surface area contributed by atoms with Gasteiger partial charge < -0.3 is 29.8 Å². The lowest BCUT2D eigenvalue weighted by Crippen LogP contribution is -2.64. The quantitative estimate of drug-likeness (QED) is 0.803. The van der Waals surface area contributed by atoms with Gasteiger partial charge in [-0.1, -0.05) is 30.3 Å². The van der Waals surface area contributed by atoms with Crippen LogP contribution in [0.4, 0.5) is 0 Å². The monoisotopic (exact) mass is 281 g/mol. The third-order valence-electron chi connectivity index (χ3n) is 3.72. The number of aliphatic hydroxyl groups excluding tert-OH is 1. The van der Waals surface area contributed by atoms with Crippen molar-refractivity contribution >= 4 is 0 Å². The van der Waals surface area contributed by atoms with Gasteiger partial charge in [-0.05, 0) is 0 Å². The van der Waals surface area contributed by atoms with E-state index in [4.69, 9.17) is 24.7 Å². The number of aliphatic hydroxyl groups is 1. The van der Waals surface area contributed by atoms with Gasteiger partial charge in [-0.2, -0.15) is 0 Å². The molecule has 2 aliphatic rings. The molecular formula is C14H19NO5. The molecule has 6 heteroatoms. The summed E-state index contributed by atoms with van der Waals surface area (Å²) in [6, 6.07) is 8.93. The lowest BCUT2D eigenvalue weighted by Gasteiger charge is -2.46. The van der Waals surface area contributed by atoms with Gasteiger partial charge in [-0.3, -0.25) is 0 Å². The molecule has 0 saturated carbocycles. The Kier molecular flexibility index (Phi) is 4.02. The molecule has 3 N–H and O–H groups in total. The van der Waals surface area contributed by atoms with E-state index in [0.29, 0.717) is 6.61 Å². The summed E-state index contributed by atoms with van der Waals surface area (Å²) in [5.74, 6) is 0. The van der Waals surface area contributed by atoms with Crippen LogP contribution in [0.15, 0.2) is 30.3 Å². The molecule has 1 aromatic rings. The van der Waals surface area contributed by atoms with E-state index in [0.717, 1.165) is 5.56 Å². The summed E-state index contributed by atoms with van der Waals surface area (Å²) in [6.07, 6.45) is -2.91. The van der Waals surface area contributed by atoms with Gasteiger partial charge in [0, 0.05) is 12.7 Å². The Morgan fingerprint density at radius 1 is 1.25 bits per heavy atom. The van der Waals surface area contributed by atoms with Crippen LogP contribution in [0.2, 0.25) is 0 Å². The van der Waals surface area contributed by atoms with Gasteiger partial charge >= 0.3 is 0 Å². The van der Waals surface area contributed by atoms with Gasteiger partial charge in [-0.25, -0.2) is 0 Å². The van der Waals surface area contributed by atoms with E-state index in [1.54, 1.807) is 0 Å². The Hall–Kier alpha value is -1.02. The van der Waals surface area contributed by atoms with E-state index >= 15 is 0 Å². The van der Waals surface area contributed by atoms with Gasteiger partial charge in [0.1, 0.15) is 18.3 Å². The van der Waals surface area contributed by atoms with Gasteiger partial charge in [0.2, 0.25) is 0 Å². The number of fused-ring (bicyclic) bond motifs is 1. The molecule has 2 fully saturated rings. The second-order valence-corrected chi connectivity index (χ2v) is 5.02. The topological polar surface area (TPSA) is 83.2 Å². The van der Waals surface area contributed by atoms with E-state index < -0.39 is 30.8 Å². The smallest absolute Gasteiger partial charge is 0.184 e. The Morgan fingerprint density at radius 3 is 2.70 bits per heavy atom. The average molecular weight is 281 g/mol. The number of benzene rings is 1. The standard InChI is InChI=1S/C14H19NO5/c1-17-14-10(15)11(16)12-9(19-14)7-18-13(20-12)8-5-3-2-4-6-8/h2-6,9-14,16H,7,15H2,1H3/t9?,10?,11?,12-,13?,14+/m1/s1. The van der Waals surface area contributed by atoms with E-state index in [9.17, 15) is 5.11 Å². The summed E-state index contributed by atoms with van der Waals surface area (Å²) < 4.78 is 22.2. The van der Waals surface area contributed by atoms with Crippen molar-refractivity contribution in [1.82, 2.24) is 0 Å². The second-order valence-electron chi connectivity index (χ2n) is 5.02. The molecule has 0 spiro atoms. The van der Waals surface area contributed by atoms with Crippen LogP contribution in [0.1, 0.15) is 11.9 Å². The van der Waals surface area contributed by atoms with E-state index in [2.05, 4.69) is 0 Å². The highest BCUT2D eigenvalue weighted by molar-refractivity contribution is 5.16. The number of nitrogens with two attached hydrogens (primary N) is 1. The van der Waals surface area contributed by atoms with Gasteiger partial charge in [0.05, 0.1) is 12.6 Å². The van der Waals surface area contributed by atoms with Crippen molar-refractivity contribution in [3.63, 3.8) is 0 Å². The predicted octanol–water partition coefficient (Wildman–Crippen LogP) is 0.160. The minimum Gasteiger partial charge on any atom is -0.388 e. The molecule has 1 aromatic carbocycles. The molecule has 0 bridgehead atoms. The Bertz CT molecular complexity index is 440. The zero-order chi connectivity index (χ0) is 14.1. The molecule has 0 amide bonds.